The summed E-state index contributed by atoms with van der Waals surface area (Å²) in [7, 11) is 3.91. The van der Waals surface area contributed by atoms with Crippen LogP contribution < -0.4 is 10.1 Å². The van der Waals surface area contributed by atoms with Crippen molar-refractivity contribution >= 4 is 0 Å². The fraction of sp³-hybridized carbons (Fsp3) is 0.600. The normalized spacial score (nSPS) is 25.1. The van der Waals surface area contributed by atoms with E-state index in [1.807, 2.05) is 12.1 Å². The lowest BCUT2D eigenvalue weighted by atomic mass is 9.94. The molecule has 100 valence electrons. The molecule has 0 spiro atoms. The topological polar surface area (TPSA) is 24.5 Å². The van der Waals surface area contributed by atoms with Gasteiger partial charge in [0.2, 0.25) is 0 Å². The van der Waals surface area contributed by atoms with Crippen molar-refractivity contribution in [3.05, 3.63) is 29.8 Å². The molecule has 1 aliphatic rings. The molecule has 1 fully saturated rings. The maximum Gasteiger partial charge on any atom is 0.118 e. The Kier molecular flexibility index (Phi) is 4.61. The first kappa shape index (κ1) is 13.4. The zero-order chi connectivity index (χ0) is 13.0. The molecular weight excluding hydrogens is 224 g/mol. The summed E-state index contributed by atoms with van der Waals surface area (Å²) in [5.74, 6) is 1.65. The Morgan fingerprint density at radius 3 is 2.67 bits per heavy atom. The highest BCUT2D eigenvalue weighted by molar-refractivity contribution is 5.27. The first-order valence-corrected chi connectivity index (χ1v) is 6.74. The molecule has 1 aliphatic heterocycles. The number of benzene rings is 1. The van der Waals surface area contributed by atoms with E-state index in [4.69, 9.17) is 4.74 Å². The summed E-state index contributed by atoms with van der Waals surface area (Å²) >= 11 is 0. The van der Waals surface area contributed by atoms with Crippen molar-refractivity contribution in [3.63, 3.8) is 0 Å². The van der Waals surface area contributed by atoms with Crippen molar-refractivity contribution in [3.8, 4) is 5.75 Å². The number of nitrogens with one attached hydrogen (secondary N) is 1. The minimum atomic E-state index is 0.642. The minimum absolute atomic E-state index is 0.642. The summed E-state index contributed by atoms with van der Waals surface area (Å²) in [6.07, 6.45) is 1.24. The zero-order valence-electron chi connectivity index (χ0n) is 11.6. The van der Waals surface area contributed by atoms with Gasteiger partial charge in [-0.3, -0.25) is 0 Å². The Balaban J connectivity index is 1.83. The average Bonchev–Trinajstić information content (AvgIpc) is 2.38. The Bertz CT molecular complexity index is 363. The number of rotatable bonds is 4. The predicted molar refractivity (Wildman–Crippen MR) is 74.9 cm³/mol. The van der Waals surface area contributed by atoms with Crippen molar-refractivity contribution in [2.75, 3.05) is 27.2 Å². The van der Waals surface area contributed by atoms with Crippen LogP contribution >= 0.6 is 0 Å². The number of piperidine rings is 1. The van der Waals surface area contributed by atoms with Gasteiger partial charge in [-0.25, -0.2) is 0 Å². The lowest BCUT2D eigenvalue weighted by Crippen LogP contribution is -2.46. The van der Waals surface area contributed by atoms with Crippen molar-refractivity contribution in [1.29, 1.82) is 0 Å². The standard InChI is InChI=1S/C15H24N2O/c1-12-11-17(2)9-8-15(12)16-10-13-4-6-14(18-3)7-5-13/h4-7,12,15-16H,8-11H2,1-3H3. The lowest BCUT2D eigenvalue weighted by molar-refractivity contribution is 0.174. The number of likely N-dealkylation sites (tertiary alicyclic amines) is 1. The number of methoxy groups -OCH3 is 1. The van der Waals surface area contributed by atoms with Gasteiger partial charge in [-0.2, -0.15) is 0 Å². The van der Waals surface area contributed by atoms with Crippen molar-refractivity contribution in [1.82, 2.24) is 10.2 Å². The third kappa shape index (κ3) is 3.47. The van der Waals surface area contributed by atoms with E-state index in [2.05, 4.69) is 36.3 Å². The van der Waals surface area contributed by atoms with Crippen LogP contribution in [0.3, 0.4) is 0 Å². The van der Waals surface area contributed by atoms with Gasteiger partial charge < -0.3 is 15.0 Å². The molecule has 0 amide bonds. The Morgan fingerprint density at radius 1 is 1.33 bits per heavy atom. The van der Waals surface area contributed by atoms with E-state index in [0.717, 1.165) is 18.2 Å². The molecule has 1 aromatic rings. The molecule has 1 aromatic carbocycles. The summed E-state index contributed by atoms with van der Waals surface area (Å²) in [5.41, 5.74) is 1.32. The summed E-state index contributed by atoms with van der Waals surface area (Å²) < 4.78 is 5.17. The van der Waals surface area contributed by atoms with Crippen LogP contribution in [0.1, 0.15) is 18.9 Å². The van der Waals surface area contributed by atoms with Gasteiger partial charge >= 0.3 is 0 Å². The van der Waals surface area contributed by atoms with E-state index in [1.54, 1.807) is 7.11 Å². The van der Waals surface area contributed by atoms with Crippen molar-refractivity contribution in [2.45, 2.75) is 25.9 Å². The monoisotopic (exact) mass is 248 g/mol. The molecule has 18 heavy (non-hydrogen) atoms. The summed E-state index contributed by atoms with van der Waals surface area (Å²) in [4.78, 5) is 2.41. The second-order valence-electron chi connectivity index (χ2n) is 5.36. The van der Waals surface area contributed by atoms with Gasteiger partial charge in [-0.15, -0.1) is 0 Å². The highest BCUT2D eigenvalue weighted by atomic mass is 16.5. The maximum absolute atomic E-state index is 5.17. The smallest absolute Gasteiger partial charge is 0.118 e. The van der Waals surface area contributed by atoms with E-state index >= 15 is 0 Å². The van der Waals surface area contributed by atoms with Crippen LogP contribution in [0.15, 0.2) is 24.3 Å². The third-order valence-corrected chi connectivity index (χ3v) is 3.84. The number of nitrogens with zero attached hydrogens (tertiary/aromatic N) is 1. The van der Waals surface area contributed by atoms with E-state index in [0.29, 0.717) is 6.04 Å². The minimum Gasteiger partial charge on any atom is -0.497 e. The summed E-state index contributed by atoms with van der Waals surface area (Å²) in [5, 5.41) is 3.68. The quantitative estimate of drug-likeness (QED) is 0.883. The average molecular weight is 248 g/mol. The van der Waals surface area contributed by atoms with Gasteiger partial charge in [-0.1, -0.05) is 19.1 Å². The van der Waals surface area contributed by atoms with Crippen LogP contribution in [0.25, 0.3) is 0 Å². The Morgan fingerprint density at radius 2 is 2.06 bits per heavy atom. The molecule has 1 saturated heterocycles. The first-order valence-electron chi connectivity index (χ1n) is 6.74. The number of ether oxygens (including phenoxy) is 1. The second kappa shape index (κ2) is 6.21. The largest absolute Gasteiger partial charge is 0.497 e. The number of hydrogen-bond acceptors (Lipinski definition) is 3. The fourth-order valence-corrected chi connectivity index (χ4v) is 2.65. The first-order chi connectivity index (χ1) is 8.69. The molecule has 1 N–H and O–H groups in total. The van der Waals surface area contributed by atoms with E-state index in [1.165, 1.54) is 25.1 Å². The van der Waals surface area contributed by atoms with Crippen molar-refractivity contribution in [2.24, 2.45) is 5.92 Å². The van der Waals surface area contributed by atoms with Gasteiger partial charge in [-0.05, 0) is 43.6 Å². The molecule has 0 bridgehead atoms. The van der Waals surface area contributed by atoms with Crippen molar-refractivity contribution < 1.29 is 4.74 Å². The highest BCUT2D eigenvalue weighted by Crippen LogP contribution is 2.16. The summed E-state index contributed by atoms with van der Waals surface area (Å²) in [6, 6.07) is 8.95. The fourth-order valence-electron chi connectivity index (χ4n) is 2.65. The molecule has 0 aromatic heterocycles. The highest BCUT2D eigenvalue weighted by Gasteiger charge is 2.23. The number of hydrogen-bond donors (Lipinski definition) is 1. The Labute approximate surface area is 110 Å². The van der Waals surface area contributed by atoms with Gasteiger partial charge in [0.25, 0.3) is 0 Å². The third-order valence-electron chi connectivity index (χ3n) is 3.84. The zero-order valence-corrected chi connectivity index (χ0v) is 11.6. The molecule has 2 unspecified atom stereocenters. The molecule has 0 saturated carbocycles. The predicted octanol–water partition coefficient (Wildman–Crippen LogP) is 2.12. The van der Waals surface area contributed by atoms with Gasteiger partial charge in [0.1, 0.15) is 5.75 Å². The van der Waals surface area contributed by atoms with Crippen LogP contribution in [0.5, 0.6) is 5.75 Å². The summed E-state index contributed by atoms with van der Waals surface area (Å²) in [6.45, 7) is 5.68. The molecule has 3 heteroatoms. The van der Waals surface area contributed by atoms with E-state index in [9.17, 15) is 0 Å². The molecule has 2 rings (SSSR count). The molecular formula is C15H24N2O. The van der Waals surface area contributed by atoms with E-state index in [-0.39, 0.29) is 0 Å². The lowest BCUT2D eigenvalue weighted by Gasteiger charge is -2.35. The molecule has 0 aliphatic carbocycles. The molecule has 3 nitrogen and oxygen atoms in total. The van der Waals surface area contributed by atoms with Crippen LogP contribution in [0.4, 0.5) is 0 Å². The van der Waals surface area contributed by atoms with Gasteiger partial charge in [0.15, 0.2) is 0 Å². The van der Waals surface area contributed by atoms with E-state index < -0.39 is 0 Å². The van der Waals surface area contributed by atoms with Gasteiger partial charge in [0.05, 0.1) is 7.11 Å². The maximum atomic E-state index is 5.17. The molecule has 0 radical (unpaired) electrons. The SMILES string of the molecule is COc1ccc(CNC2CCN(C)CC2C)cc1. The van der Waals surface area contributed by atoms with Crippen LogP contribution in [-0.4, -0.2) is 38.2 Å². The van der Waals surface area contributed by atoms with Crippen LogP contribution in [-0.2, 0) is 6.54 Å². The van der Waals surface area contributed by atoms with Crippen LogP contribution in [0.2, 0.25) is 0 Å². The Hall–Kier alpha value is -1.06. The van der Waals surface area contributed by atoms with Crippen LogP contribution in [0, 0.1) is 5.92 Å². The second-order valence-corrected chi connectivity index (χ2v) is 5.36. The molecule has 1 heterocycles. The van der Waals surface area contributed by atoms with Gasteiger partial charge in [0, 0.05) is 19.1 Å². The molecule has 2 atom stereocenters.